The molecule has 12 aromatic rings. The Kier molecular flexibility index (Phi) is 8.25. The van der Waals surface area contributed by atoms with Crippen molar-refractivity contribution < 1.29 is 0 Å². The summed E-state index contributed by atoms with van der Waals surface area (Å²) in [5, 5.41) is 10.1. The molecule has 0 atom stereocenters. The van der Waals surface area contributed by atoms with Gasteiger partial charge in [-0.15, -0.1) is 0 Å². The molecule has 284 valence electrons. The molecule has 1 nitrogen and oxygen atoms in total. The van der Waals surface area contributed by atoms with E-state index in [0.717, 1.165) is 5.69 Å². The van der Waals surface area contributed by atoms with Crippen LogP contribution in [0.1, 0.15) is 0 Å². The summed E-state index contributed by atoms with van der Waals surface area (Å²) < 4.78 is 2.42. The van der Waals surface area contributed by atoms with Crippen LogP contribution in [-0.2, 0) is 0 Å². The lowest BCUT2D eigenvalue weighted by Crippen LogP contribution is -1.94. The van der Waals surface area contributed by atoms with Crippen molar-refractivity contribution in [3.8, 4) is 61.3 Å². The molecule has 61 heavy (non-hydrogen) atoms. The topological polar surface area (TPSA) is 4.93 Å². The van der Waals surface area contributed by atoms with Crippen LogP contribution in [0.25, 0.3) is 115 Å². The summed E-state index contributed by atoms with van der Waals surface area (Å²) in [7, 11) is 0. The monoisotopic (exact) mass is 773 g/mol. The maximum atomic E-state index is 2.42. The van der Waals surface area contributed by atoms with E-state index in [1.54, 1.807) is 0 Å². The van der Waals surface area contributed by atoms with Gasteiger partial charge in [-0.25, -0.2) is 0 Å². The number of hydrogen-bond donors (Lipinski definition) is 0. The van der Waals surface area contributed by atoms with Gasteiger partial charge in [0.15, 0.2) is 0 Å². The zero-order valence-electron chi connectivity index (χ0n) is 33.5. The van der Waals surface area contributed by atoms with E-state index < -0.39 is 0 Å². The highest BCUT2D eigenvalue weighted by Crippen LogP contribution is 2.44. The second-order valence-corrected chi connectivity index (χ2v) is 16.1. The van der Waals surface area contributed by atoms with Crippen LogP contribution in [0.2, 0.25) is 0 Å². The third-order valence-electron chi connectivity index (χ3n) is 12.6. The molecule has 0 N–H and O–H groups in total. The molecule has 0 saturated carbocycles. The van der Waals surface area contributed by atoms with Crippen LogP contribution in [0, 0.1) is 0 Å². The number of para-hydroxylation sites is 1. The van der Waals surface area contributed by atoms with Gasteiger partial charge in [0.05, 0.1) is 11.0 Å². The molecule has 0 bridgehead atoms. The third-order valence-corrected chi connectivity index (χ3v) is 12.6. The molecular formula is C60H39N. The molecule has 0 amide bonds. The Hall–Kier alpha value is -8.00. The number of aromatic nitrogens is 1. The van der Waals surface area contributed by atoms with Crippen LogP contribution in [0.3, 0.4) is 0 Å². The average Bonchev–Trinajstić information content (AvgIpc) is 3.67. The van der Waals surface area contributed by atoms with E-state index in [9.17, 15) is 0 Å². The van der Waals surface area contributed by atoms with Gasteiger partial charge >= 0.3 is 0 Å². The van der Waals surface area contributed by atoms with E-state index in [4.69, 9.17) is 0 Å². The fourth-order valence-electron chi connectivity index (χ4n) is 9.67. The highest BCUT2D eigenvalue weighted by Gasteiger charge is 2.18. The summed E-state index contributed by atoms with van der Waals surface area (Å²) in [6.07, 6.45) is 0. The van der Waals surface area contributed by atoms with Crippen LogP contribution in [-0.4, -0.2) is 4.57 Å². The molecule has 0 aliphatic carbocycles. The minimum Gasteiger partial charge on any atom is -0.309 e. The molecule has 0 aliphatic heterocycles. The fourth-order valence-corrected chi connectivity index (χ4v) is 9.67. The minimum absolute atomic E-state index is 1.14. The summed E-state index contributed by atoms with van der Waals surface area (Å²) in [4.78, 5) is 0. The van der Waals surface area contributed by atoms with Gasteiger partial charge < -0.3 is 4.57 Å². The molecule has 11 aromatic carbocycles. The Morgan fingerprint density at radius 3 is 1.30 bits per heavy atom. The highest BCUT2D eigenvalue weighted by atomic mass is 15.0. The smallest absolute Gasteiger partial charge is 0.0541 e. The summed E-state index contributed by atoms with van der Waals surface area (Å²) in [5.41, 5.74) is 15.8. The van der Waals surface area contributed by atoms with Gasteiger partial charge in [0, 0.05) is 16.5 Å². The molecule has 1 heteroatoms. The normalized spacial score (nSPS) is 11.6. The number of hydrogen-bond acceptors (Lipinski definition) is 0. The number of nitrogens with zero attached hydrogens (tertiary/aromatic N) is 1. The zero-order chi connectivity index (χ0) is 40.3. The first-order valence-electron chi connectivity index (χ1n) is 21.1. The Bertz CT molecular complexity index is 3550. The average molecular weight is 774 g/mol. The summed E-state index contributed by atoms with van der Waals surface area (Å²) in [6.45, 7) is 0. The Labute approximate surface area is 355 Å². The van der Waals surface area contributed by atoms with Gasteiger partial charge in [-0.2, -0.15) is 0 Å². The highest BCUT2D eigenvalue weighted by molar-refractivity contribution is 6.21. The lowest BCUT2D eigenvalue weighted by Gasteiger charge is -2.18. The molecular weight excluding hydrogens is 735 g/mol. The lowest BCUT2D eigenvalue weighted by molar-refractivity contribution is 1.18. The van der Waals surface area contributed by atoms with Crippen molar-refractivity contribution in [2.24, 2.45) is 0 Å². The Morgan fingerprint density at radius 1 is 0.213 bits per heavy atom. The molecule has 0 spiro atoms. The third kappa shape index (κ3) is 5.93. The SMILES string of the molecule is c1ccc(-c2c3ccccc3c(-c3ccc(-n4c5ccccc5c5cc(-c6cccc(-c7ccc(-c8ccc9ccccc9c8)cc7)c6)ccc54)cc3)c3ccccc23)cc1. The molecule has 1 heterocycles. The second kappa shape index (κ2) is 14.4. The Balaban J connectivity index is 0.912. The van der Waals surface area contributed by atoms with Crippen molar-refractivity contribution in [1.82, 2.24) is 4.57 Å². The van der Waals surface area contributed by atoms with Crippen LogP contribution in [0.5, 0.6) is 0 Å². The van der Waals surface area contributed by atoms with E-state index in [2.05, 4.69) is 241 Å². The predicted octanol–water partition coefficient (Wildman–Crippen LogP) is 16.6. The van der Waals surface area contributed by atoms with Gasteiger partial charge in [0.1, 0.15) is 0 Å². The van der Waals surface area contributed by atoms with Crippen LogP contribution >= 0.6 is 0 Å². The first kappa shape index (κ1) is 35.0. The summed E-state index contributed by atoms with van der Waals surface area (Å²) in [5.74, 6) is 0. The molecule has 12 rings (SSSR count). The first-order chi connectivity index (χ1) is 30.2. The number of benzene rings is 11. The molecule has 0 aliphatic rings. The van der Waals surface area contributed by atoms with Gasteiger partial charge in [-0.1, -0.05) is 194 Å². The van der Waals surface area contributed by atoms with Crippen molar-refractivity contribution in [1.29, 1.82) is 0 Å². The quantitative estimate of drug-likeness (QED) is 0.148. The minimum atomic E-state index is 1.14. The molecule has 1 aromatic heterocycles. The van der Waals surface area contributed by atoms with Gasteiger partial charge in [-0.3, -0.25) is 0 Å². The van der Waals surface area contributed by atoms with Crippen LogP contribution < -0.4 is 0 Å². The predicted molar refractivity (Wildman–Crippen MR) is 260 cm³/mol. The van der Waals surface area contributed by atoms with E-state index in [1.165, 1.54) is 110 Å². The van der Waals surface area contributed by atoms with Gasteiger partial charge in [-0.05, 0) is 130 Å². The second-order valence-electron chi connectivity index (χ2n) is 16.1. The summed E-state index contributed by atoms with van der Waals surface area (Å²) >= 11 is 0. The maximum absolute atomic E-state index is 2.42. The molecule has 0 unspecified atom stereocenters. The lowest BCUT2D eigenvalue weighted by atomic mass is 9.86. The molecule has 0 fully saturated rings. The maximum Gasteiger partial charge on any atom is 0.0541 e. The van der Waals surface area contributed by atoms with Crippen molar-refractivity contribution in [3.05, 3.63) is 237 Å². The van der Waals surface area contributed by atoms with Crippen molar-refractivity contribution in [2.75, 3.05) is 0 Å². The van der Waals surface area contributed by atoms with Crippen LogP contribution in [0.4, 0.5) is 0 Å². The van der Waals surface area contributed by atoms with E-state index in [-0.39, 0.29) is 0 Å². The van der Waals surface area contributed by atoms with Gasteiger partial charge in [0.25, 0.3) is 0 Å². The molecule has 0 radical (unpaired) electrons. The largest absolute Gasteiger partial charge is 0.309 e. The van der Waals surface area contributed by atoms with Crippen molar-refractivity contribution in [3.63, 3.8) is 0 Å². The van der Waals surface area contributed by atoms with Crippen molar-refractivity contribution in [2.45, 2.75) is 0 Å². The number of rotatable bonds is 6. The Morgan fingerprint density at radius 2 is 0.639 bits per heavy atom. The van der Waals surface area contributed by atoms with Gasteiger partial charge in [0.2, 0.25) is 0 Å². The first-order valence-corrected chi connectivity index (χ1v) is 21.1. The van der Waals surface area contributed by atoms with E-state index in [1.807, 2.05) is 0 Å². The van der Waals surface area contributed by atoms with E-state index in [0.29, 0.717) is 0 Å². The standard InChI is InChI=1S/C60H39N/c1-2-14-43(15-3-1)59-52-20-6-8-22-54(52)60(55-23-9-7-21-53(55)59)44-31-34-50(35-32-44)61-57-24-11-10-19-51(57)56-39-49(33-36-58(56)61)47-18-12-17-46(37-47)41-25-27-42(28-26-41)48-30-29-40-13-4-5-16-45(40)38-48/h1-39H. The number of fused-ring (bicyclic) bond motifs is 6. The van der Waals surface area contributed by atoms with E-state index >= 15 is 0 Å². The fraction of sp³-hybridized carbons (Fsp3) is 0. The molecule has 0 saturated heterocycles. The van der Waals surface area contributed by atoms with Crippen LogP contribution in [0.15, 0.2) is 237 Å². The zero-order valence-corrected chi connectivity index (χ0v) is 33.5. The summed E-state index contributed by atoms with van der Waals surface area (Å²) in [6, 6.07) is 86.7. The van der Waals surface area contributed by atoms with Crippen molar-refractivity contribution >= 4 is 54.1 Å².